The van der Waals surface area contributed by atoms with Gasteiger partial charge in [-0.3, -0.25) is 0 Å². The Balaban J connectivity index is 2.10. The van der Waals surface area contributed by atoms with Crippen LogP contribution in [-0.4, -0.2) is 44.5 Å². The summed E-state index contributed by atoms with van der Waals surface area (Å²) < 4.78 is 5.67. The number of halogens is 1. The Morgan fingerprint density at radius 2 is 2.26 bits per heavy atom. The van der Waals surface area contributed by atoms with Gasteiger partial charge in [0.1, 0.15) is 12.4 Å². The molecule has 0 saturated heterocycles. The molecule has 0 radical (unpaired) electrons. The van der Waals surface area contributed by atoms with Crippen molar-refractivity contribution in [1.82, 2.24) is 4.90 Å². The molecule has 0 aromatic heterocycles. The lowest BCUT2D eigenvalue weighted by molar-refractivity contribution is 0.125. The monoisotopic (exact) mass is 282 g/mol. The lowest BCUT2D eigenvalue weighted by Gasteiger charge is -2.10. The van der Waals surface area contributed by atoms with Crippen LogP contribution in [0.5, 0.6) is 5.75 Å². The van der Waals surface area contributed by atoms with Gasteiger partial charge >= 0.3 is 0 Å². The van der Waals surface area contributed by atoms with Crippen LogP contribution in [0.4, 0.5) is 0 Å². The van der Waals surface area contributed by atoms with Crippen molar-refractivity contribution in [2.24, 2.45) is 5.16 Å². The molecule has 0 atom stereocenters. The molecule has 0 unspecified atom stereocenters. The van der Waals surface area contributed by atoms with Crippen molar-refractivity contribution < 1.29 is 9.57 Å². The van der Waals surface area contributed by atoms with Crippen molar-refractivity contribution >= 4 is 17.3 Å². The molecule has 0 bridgehead atoms. The number of fused-ring (bicyclic) bond motifs is 1. The average Bonchev–Trinajstić information content (AvgIpc) is 2.56. The molecule has 0 amide bonds. The molecule has 104 valence electrons. The van der Waals surface area contributed by atoms with Crippen LogP contribution in [0.15, 0.2) is 23.4 Å². The number of hydrogen-bond donors (Lipinski definition) is 0. The Morgan fingerprint density at radius 3 is 3.05 bits per heavy atom. The quantitative estimate of drug-likeness (QED) is 0.629. The van der Waals surface area contributed by atoms with Gasteiger partial charge in [-0.05, 0) is 45.1 Å². The van der Waals surface area contributed by atoms with Gasteiger partial charge in [-0.1, -0.05) is 16.8 Å². The summed E-state index contributed by atoms with van der Waals surface area (Å²) >= 11 is 5.98. The Kier molecular flexibility index (Phi) is 5.05. The van der Waals surface area contributed by atoms with Gasteiger partial charge in [-0.15, -0.1) is 0 Å². The van der Waals surface area contributed by atoms with Crippen LogP contribution < -0.4 is 4.74 Å². The van der Waals surface area contributed by atoms with Crippen LogP contribution in [-0.2, 0) is 4.84 Å². The average molecular weight is 283 g/mol. The standard InChI is InChI=1S/C14H19ClN2O2/c1-17(2)7-9-19-16-13-4-3-8-18-14-10-11(15)5-6-12(13)14/h5-6,10H,3-4,7-9H2,1-2H3/b16-13-. The fourth-order valence-corrected chi connectivity index (χ4v) is 2.01. The van der Waals surface area contributed by atoms with E-state index in [2.05, 4.69) is 10.1 Å². The minimum atomic E-state index is 0.584. The van der Waals surface area contributed by atoms with Gasteiger partial charge in [0, 0.05) is 17.1 Å². The molecule has 2 rings (SSSR count). The number of benzene rings is 1. The molecule has 19 heavy (non-hydrogen) atoms. The maximum Gasteiger partial charge on any atom is 0.129 e. The molecule has 0 spiro atoms. The second-order valence-corrected chi connectivity index (χ2v) is 5.20. The van der Waals surface area contributed by atoms with Crippen molar-refractivity contribution in [1.29, 1.82) is 0 Å². The molecule has 0 N–H and O–H groups in total. The van der Waals surface area contributed by atoms with Gasteiger partial charge in [0.2, 0.25) is 0 Å². The van der Waals surface area contributed by atoms with Gasteiger partial charge in [0.15, 0.2) is 0 Å². The number of ether oxygens (including phenoxy) is 1. The maximum atomic E-state index is 5.98. The molecule has 0 saturated carbocycles. The van der Waals surface area contributed by atoms with Crippen LogP contribution in [0.2, 0.25) is 5.02 Å². The molecule has 5 heteroatoms. The van der Waals surface area contributed by atoms with E-state index in [0.29, 0.717) is 18.2 Å². The fourth-order valence-electron chi connectivity index (χ4n) is 1.85. The second kappa shape index (κ2) is 6.78. The molecule has 0 fully saturated rings. The van der Waals surface area contributed by atoms with Crippen LogP contribution in [0.3, 0.4) is 0 Å². The first-order valence-electron chi connectivity index (χ1n) is 6.43. The largest absolute Gasteiger partial charge is 0.493 e. The number of rotatable bonds is 4. The van der Waals surface area contributed by atoms with Gasteiger partial charge < -0.3 is 14.5 Å². The topological polar surface area (TPSA) is 34.1 Å². The van der Waals surface area contributed by atoms with E-state index in [1.807, 2.05) is 32.3 Å². The Morgan fingerprint density at radius 1 is 1.42 bits per heavy atom. The van der Waals surface area contributed by atoms with E-state index in [1.54, 1.807) is 0 Å². The molecule has 1 heterocycles. The van der Waals surface area contributed by atoms with E-state index >= 15 is 0 Å². The van der Waals surface area contributed by atoms with Crippen molar-refractivity contribution in [3.63, 3.8) is 0 Å². The first kappa shape index (κ1) is 14.2. The number of oxime groups is 1. The molecular weight excluding hydrogens is 264 g/mol. The van der Waals surface area contributed by atoms with E-state index in [9.17, 15) is 0 Å². The number of nitrogens with zero attached hydrogens (tertiary/aromatic N) is 2. The molecule has 1 aliphatic heterocycles. The highest BCUT2D eigenvalue weighted by Gasteiger charge is 2.16. The minimum Gasteiger partial charge on any atom is -0.493 e. The normalized spacial score (nSPS) is 16.9. The summed E-state index contributed by atoms with van der Waals surface area (Å²) in [7, 11) is 4.01. The highest BCUT2D eigenvalue weighted by molar-refractivity contribution is 6.30. The second-order valence-electron chi connectivity index (χ2n) is 4.77. The fraction of sp³-hybridized carbons (Fsp3) is 0.500. The van der Waals surface area contributed by atoms with Gasteiger partial charge in [-0.2, -0.15) is 0 Å². The molecule has 4 nitrogen and oxygen atoms in total. The van der Waals surface area contributed by atoms with Gasteiger partial charge in [0.05, 0.1) is 12.3 Å². The SMILES string of the molecule is CN(C)CCO/N=C1/CCCOc2cc(Cl)ccc21. The zero-order chi connectivity index (χ0) is 13.7. The highest BCUT2D eigenvalue weighted by Crippen LogP contribution is 2.27. The lowest BCUT2D eigenvalue weighted by atomic mass is 10.1. The van der Waals surface area contributed by atoms with Crippen LogP contribution in [0.25, 0.3) is 0 Å². The number of likely N-dealkylation sites (N-methyl/N-ethyl adjacent to an activating group) is 1. The van der Waals surface area contributed by atoms with E-state index in [4.69, 9.17) is 21.2 Å². The van der Waals surface area contributed by atoms with E-state index in [-0.39, 0.29) is 0 Å². The Hall–Kier alpha value is -1.26. The summed E-state index contributed by atoms with van der Waals surface area (Å²) in [5.41, 5.74) is 1.91. The third kappa shape index (κ3) is 4.11. The zero-order valence-electron chi connectivity index (χ0n) is 11.4. The predicted molar refractivity (Wildman–Crippen MR) is 77.2 cm³/mol. The summed E-state index contributed by atoms with van der Waals surface area (Å²) in [6, 6.07) is 5.62. The molecule has 0 aliphatic carbocycles. The molecule has 1 aromatic carbocycles. The lowest BCUT2D eigenvalue weighted by Crippen LogP contribution is -2.17. The van der Waals surface area contributed by atoms with Crippen molar-refractivity contribution in [3.8, 4) is 5.75 Å². The summed E-state index contributed by atoms with van der Waals surface area (Å²) in [6.07, 6.45) is 1.79. The van der Waals surface area contributed by atoms with E-state index in [0.717, 1.165) is 36.4 Å². The molecular formula is C14H19ClN2O2. The maximum absolute atomic E-state index is 5.98. The Bertz CT molecular complexity index is 461. The zero-order valence-corrected chi connectivity index (χ0v) is 12.1. The summed E-state index contributed by atoms with van der Waals surface area (Å²) in [6.45, 7) is 2.12. The summed E-state index contributed by atoms with van der Waals surface area (Å²) in [5, 5.41) is 4.93. The van der Waals surface area contributed by atoms with Gasteiger partial charge in [0.25, 0.3) is 0 Å². The molecule has 1 aromatic rings. The third-order valence-corrected chi connectivity index (χ3v) is 3.11. The van der Waals surface area contributed by atoms with E-state index < -0.39 is 0 Å². The summed E-state index contributed by atoms with van der Waals surface area (Å²) in [4.78, 5) is 7.44. The smallest absolute Gasteiger partial charge is 0.129 e. The first-order valence-corrected chi connectivity index (χ1v) is 6.81. The van der Waals surface area contributed by atoms with E-state index in [1.165, 1.54) is 0 Å². The van der Waals surface area contributed by atoms with Crippen molar-refractivity contribution in [2.75, 3.05) is 33.9 Å². The Labute approximate surface area is 118 Å². The van der Waals surface area contributed by atoms with Crippen LogP contribution in [0, 0.1) is 0 Å². The highest BCUT2D eigenvalue weighted by atomic mass is 35.5. The summed E-state index contributed by atoms with van der Waals surface area (Å²) in [5.74, 6) is 0.792. The van der Waals surface area contributed by atoms with Crippen molar-refractivity contribution in [2.45, 2.75) is 12.8 Å². The van der Waals surface area contributed by atoms with Crippen molar-refractivity contribution in [3.05, 3.63) is 28.8 Å². The molecule has 1 aliphatic rings. The third-order valence-electron chi connectivity index (χ3n) is 2.87. The minimum absolute atomic E-state index is 0.584. The van der Waals surface area contributed by atoms with Crippen LogP contribution >= 0.6 is 11.6 Å². The number of hydrogen-bond acceptors (Lipinski definition) is 4. The van der Waals surface area contributed by atoms with Crippen LogP contribution in [0.1, 0.15) is 18.4 Å². The van der Waals surface area contributed by atoms with Gasteiger partial charge in [-0.25, -0.2) is 0 Å². The first-order chi connectivity index (χ1) is 9.16. The predicted octanol–water partition coefficient (Wildman–Crippen LogP) is 2.79.